The third-order valence-corrected chi connectivity index (χ3v) is 3.99. The molecule has 0 bridgehead atoms. The van der Waals surface area contributed by atoms with Crippen LogP contribution in [-0.4, -0.2) is 10.4 Å². The highest BCUT2D eigenvalue weighted by molar-refractivity contribution is 9.10. The number of oxime groups is 1. The van der Waals surface area contributed by atoms with Crippen LogP contribution in [0.2, 0.25) is 0 Å². The van der Waals surface area contributed by atoms with E-state index in [4.69, 9.17) is 16.8 Å². The molecule has 1 unspecified atom stereocenters. The Bertz CT molecular complexity index is 404. The molecule has 0 aromatic heterocycles. The summed E-state index contributed by atoms with van der Waals surface area (Å²) in [5, 5.41) is 12.3. The molecule has 4 heteroatoms. The maximum absolute atomic E-state index is 8.85. The molecule has 1 aromatic rings. The SMILES string of the molecule is O/N=C(\Cl)C(c1cccc(Br)c1)C1CCC1. The van der Waals surface area contributed by atoms with Crippen LogP contribution in [0.15, 0.2) is 33.9 Å². The van der Waals surface area contributed by atoms with Gasteiger partial charge >= 0.3 is 0 Å². The Kier molecular flexibility index (Phi) is 3.87. The number of halogens is 2. The van der Waals surface area contributed by atoms with Crippen LogP contribution in [0, 0.1) is 5.92 Å². The Labute approximate surface area is 108 Å². The lowest BCUT2D eigenvalue weighted by molar-refractivity contribution is 0.285. The van der Waals surface area contributed by atoms with Crippen molar-refractivity contribution in [2.45, 2.75) is 25.2 Å². The summed E-state index contributed by atoms with van der Waals surface area (Å²) in [4.78, 5) is 0. The molecular formula is C12H13BrClNO. The van der Waals surface area contributed by atoms with Gasteiger partial charge in [0.15, 0.2) is 5.17 Å². The Hall–Kier alpha value is -0.540. The van der Waals surface area contributed by atoms with E-state index in [0.29, 0.717) is 11.1 Å². The minimum absolute atomic E-state index is 0.0397. The molecule has 0 heterocycles. The lowest BCUT2D eigenvalue weighted by Crippen LogP contribution is -2.24. The van der Waals surface area contributed by atoms with Crippen LogP contribution in [0.1, 0.15) is 30.7 Å². The molecule has 1 atom stereocenters. The average molecular weight is 303 g/mol. The van der Waals surface area contributed by atoms with E-state index in [-0.39, 0.29) is 5.92 Å². The number of benzene rings is 1. The van der Waals surface area contributed by atoms with Crippen LogP contribution in [0.5, 0.6) is 0 Å². The highest BCUT2D eigenvalue weighted by Crippen LogP contribution is 2.41. The summed E-state index contributed by atoms with van der Waals surface area (Å²) < 4.78 is 1.02. The van der Waals surface area contributed by atoms with Crippen molar-refractivity contribution in [1.29, 1.82) is 0 Å². The first-order valence-electron chi connectivity index (χ1n) is 5.35. The van der Waals surface area contributed by atoms with E-state index in [9.17, 15) is 0 Å². The standard InChI is InChI=1S/C12H13BrClNO/c13-10-6-2-5-9(7-10)11(12(14)15-16)8-3-1-4-8/h2,5-8,11,16H,1,3-4H2/b15-12-. The topological polar surface area (TPSA) is 32.6 Å². The van der Waals surface area contributed by atoms with E-state index in [1.165, 1.54) is 6.42 Å². The fourth-order valence-corrected chi connectivity index (χ4v) is 2.86. The second kappa shape index (κ2) is 5.19. The zero-order chi connectivity index (χ0) is 11.5. The summed E-state index contributed by atoms with van der Waals surface area (Å²) in [6.45, 7) is 0. The average Bonchev–Trinajstić information content (AvgIpc) is 2.22. The van der Waals surface area contributed by atoms with Gasteiger partial charge in [-0.05, 0) is 36.5 Å². The van der Waals surface area contributed by atoms with Crippen LogP contribution in [0.3, 0.4) is 0 Å². The van der Waals surface area contributed by atoms with Gasteiger partial charge in [-0.15, -0.1) is 0 Å². The van der Waals surface area contributed by atoms with Gasteiger partial charge in [-0.1, -0.05) is 51.2 Å². The minimum Gasteiger partial charge on any atom is -0.410 e. The summed E-state index contributed by atoms with van der Waals surface area (Å²) in [5.74, 6) is 0.551. The van der Waals surface area contributed by atoms with Crippen molar-refractivity contribution in [1.82, 2.24) is 0 Å². The van der Waals surface area contributed by atoms with Gasteiger partial charge in [-0.25, -0.2) is 0 Å². The lowest BCUT2D eigenvalue weighted by atomic mass is 9.73. The van der Waals surface area contributed by atoms with Gasteiger partial charge in [-0.2, -0.15) is 0 Å². The highest BCUT2D eigenvalue weighted by atomic mass is 79.9. The summed E-state index contributed by atoms with van der Waals surface area (Å²) in [5.41, 5.74) is 1.11. The molecule has 0 aliphatic heterocycles. The van der Waals surface area contributed by atoms with Gasteiger partial charge in [0.05, 0.1) is 0 Å². The van der Waals surface area contributed by atoms with E-state index in [1.54, 1.807) is 0 Å². The first-order chi connectivity index (χ1) is 7.72. The van der Waals surface area contributed by atoms with Crippen molar-refractivity contribution in [3.63, 3.8) is 0 Å². The molecule has 86 valence electrons. The Morgan fingerprint density at radius 2 is 2.25 bits per heavy atom. The summed E-state index contributed by atoms with van der Waals surface area (Å²) in [7, 11) is 0. The van der Waals surface area contributed by atoms with Gasteiger partial charge in [-0.3, -0.25) is 0 Å². The zero-order valence-corrected chi connectivity index (χ0v) is 11.1. The van der Waals surface area contributed by atoms with Crippen LogP contribution in [0.25, 0.3) is 0 Å². The summed E-state index contributed by atoms with van der Waals surface area (Å²) >= 11 is 9.46. The number of hydrogen-bond acceptors (Lipinski definition) is 2. The van der Waals surface area contributed by atoms with E-state index in [0.717, 1.165) is 22.9 Å². The first-order valence-corrected chi connectivity index (χ1v) is 6.52. The number of nitrogens with zero attached hydrogens (tertiary/aromatic N) is 1. The first kappa shape index (κ1) is 11.9. The monoisotopic (exact) mass is 301 g/mol. The van der Waals surface area contributed by atoms with Gasteiger partial charge in [0, 0.05) is 10.4 Å². The van der Waals surface area contributed by atoms with Gasteiger partial charge in [0.25, 0.3) is 0 Å². The number of hydrogen-bond donors (Lipinski definition) is 1. The Morgan fingerprint density at radius 1 is 1.50 bits per heavy atom. The van der Waals surface area contributed by atoms with Crippen molar-refractivity contribution in [3.05, 3.63) is 34.3 Å². The smallest absolute Gasteiger partial charge is 0.153 e. The van der Waals surface area contributed by atoms with Crippen LogP contribution >= 0.6 is 27.5 Å². The van der Waals surface area contributed by atoms with Crippen molar-refractivity contribution in [3.8, 4) is 0 Å². The van der Waals surface area contributed by atoms with Crippen LogP contribution in [-0.2, 0) is 0 Å². The molecular weight excluding hydrogens is 289 g/mol. The maximum atomic E-state index is 8.85. The van der Waals surface area contributed by atoms with E-state index in [2.05, 4.69) is 21.1 Å². The largest absolute Gasteiger partial charge is 0.410 e. The Morgan fingerprint density at radius 3 is 2.75 bits per heavy atom. The normalized spacial score (nSPS) is 19.2. The third-order valence-electron chi connectivity index (χ3n) is 3.18. The molecule has 1 saturated carbocycles. The molecule has 1 fully saturated rings. The van der Waals surface area contributed by atoms with Crippen LogP contribution in [0.4, 0.5) is 0 Å². The fraction of sp³-hybridized carbons (Fsp3) is 0.417. The molecule has 0 radical (unpaired) electrons. The third kappa shape index (κ3) is 2.41. The predicted octanol–water partition coefficient (Wildman–Crippen LogP) is 4.36. The summed E-state index contributed by atoms with van der Waals surface area (Å²) in [6, 6.07) is 8.02. The van der Waals surface area contributed by atoms with Crippen molar-refractivity contribution < 1.29 is 5.21 Å². The second-order valence-corrected chi connectivity index (χ2v) is 5.45. The van der Waals surface area contributed by atoms with Crippen LogP contribution < -0.4 is 0 Å². The molecule has 2 rings (SSSR count). The molecule has 1 aliphatic carbocycles. The van der Waals surface area contributed by atoms with E-state index >= 15 is 0 Å². The molecule has 1 N–H and O–H groups in total. The molecule has 1 aromatic carbocycles. The summed E-state index contributed by atoms with van der Waals surface area (Å²) in [6.07, 6.45) is 3.55. The Balaban J connectivity index is 2.31. The molecule has 16 heavy (non-hydrogen) atoms. The van der Waals surface area contributed by atoms with Crippen molar-refractivity contribution >= 4 is 32.7 Å². The van der Waals surface area contributed by atoms with Crippen molar-refractivity contribution in [2.24, 2.45) is 11.1 Å². The maximum Gasteiger partial charge on any atom is 0.153 e. The quantitative estimate of drug-likeness (QED) is 0.502. The predicted molar refractivity (Wildman–Crippen MR) is 69.3 cm³/mol. The van der Waals surface area contributed by atoms with Gasteiger partial charge in [0.2, 0.25) is 0 Å². The van der Waals surface area contributed by atoms with Gasteiger partial charge in [0.1, 0.15) is 0 Å². The van der Waals surface area contributed by atoms with E-state index in [1.807, 2.05) is 24.3 Å². The minimum atomic E-state index is 0.0397. The van der Waals surface area contributed by atoms with Gasteiger partial charge < -0.3 is 5.21 Å². The molecule has 0 saturated heterocycles. The molecule has 0 amide bonds. The fourth-order valence-electron chi connectivity index (χ4n) is 2.14. The number of rotatable bonds is 3. The second-order valence-electron chi connectivity index (χ2n) is 4.15. The molecule has 0 spiro atoms. The zero-order valence-electron chi connectivity index (χ0n) is 8.74. The van der Waals surface area contributed by atoms with Crippen molar-refractivity contribution in [2.75, 3.05) is 0 Å². The highest BCUT2D eigenvalue weighted by Gasteiger charge is 2.32. The molecule has 1 aliphatic rings. The van der Waals surface area contributed by atoms with E-state index < -0.39 is 0 Å². The lowest BCUT2D eigenvalue weighted by Gasteiger charge is -2.32. The molecule has 2 nitrogen and oxygen atoms in total.